The molecule has 0 aliphatic heterocycles. The number of methoxy groups -OCH3 is 2. The third-order valence-electron chi connectivity index (χ3n) is 6.08. The van der Waals surface area contributed by atoms with Crippen molar-refractivity contribution in [1.29, 1.82) is 0 Å². The van der Waals surface area contributed by atoms with E-state index in [9.17, 15) is 0 Å². The number of nitrogens with one attached hydrogen (secondary N) is 2. The number of hydrogen-bond donors (Lipinski definition) is 3. The first-order chi connectivity index (χ1) is 17.2. The predicted octanol–water partition coefficient (Wildman–Crippen LogP) is 5.26. The molecule has 5 rings (SSSR count). The molecule has 0 amide bonds. The molecule has 1 atom stereocenters. The zero-order valence-electron chi connectivity index (χ0n) is 19.7. The fraction of sp³-hybridized carbons (Fsp3) is 0.143. The summed E-state index contributed by atoms with van der Waals surface area (Å²) in [5.74, 6) is 2.71. The minimum absolute atomic E-state index is 0.320. The van der Waals surface area contributed by atoms with Crippen molar-refractivity contribution in [3.05, 3.63) is 102 Å². The first-order valence-electron chi connectivity index (χ1n) is 11.4. The van der Waals surface area contributed by atoms with Crippen molar-refractivity contribution in [2.75, 3.05) is 14.2 Å². The number of hydrogen-bond acceptors (Lipinski definition) is 4. The molecule has 3 aromatic carbocycles. The number of nitrogens with two attached hydrogens (primary N) is 1. The van der Waals surface area contributed by atoms with Crippen LogP contribution in [0.3, 0.4) is 0 Å². The lowest BCUT2D eigenvalue weighted by atomic mass is 10.0. The summed E-state index contributed by atoms with van der Waals surface area (Å²) in [5.41, 5.74) is 11.3. The zero-order valence-corrected chi connectivity index (χ0v) is 19.7. The van der Waals surface area contributed by atoms with E-state index in [-0.39, 0.29) is 6.04 Å². The molecule has 4 N–H and O–H groups in total. The van der Waals surface area contributed by atoms with Gasteiger partial charge in [-0.1, -0.05) is 30.3 Å². The van der Waals surface area contributed by atoms with Crippen molar-refractivity contribution in [2.45, 2.75) is 12.5 Å². The number of benzene rings is 3. The van der Waals surface area contributed by atoms with Gasteiger partial charge in [0.25, 0.3) is 0 Å². The van der Waals surface area contributed by atoms with Crippen LogP contribution in [0.25, 0.3) is 22.2 Å². The Bertz CT molecular complexity index is 1470. The van der Waals surface area contributed by atoms with Crippen LogP contribution in [0.1, 0.15) is 23.0 Å². The number of H-pyrrole nitrogens is 2. The standard InChI is InChI=1S/C28H27N5O2/c1-34-20-13-11-18(12-14-20)27(29)32-24(15-19-16-30-23-9-5-3-7-21(19)23)28-31-17-25(33-28)22-8-4-6-10-26(22)35-2/h3-14,16-17,24,30H,15H2,1-2H3,(H2,29,32)(H,31,33)/t24-/m1/s1. The molecule has 2 aromatic heterocycles. The molecule has 7 nitrogen and oxygen atoms in total. The first kappa shape index (κ1) is 22.3. The maximum atomic E-state index is 6.47. The van der Waals surface area contributed by atoms with Gasteiger partial charge in [-0.2, -0.15) is 0 Å². The van der Waals surface area contributed by atoms with Gasteiger partial charge in [-0.3, -0.25) is 4.99 Å². The third-order valence-corrected chi connectivity index (χ3v) is 6.08. The van der Waals surface area contributed by atoms with Gasteiger partial charge in [0.15, 0.2) is 0 Å². The molecule has 0 saturated carbocycles. The molecule has 0 aliphatic rings. The van der Waals surface area contributed by atoms with Crippen LogP contribution in [0.5, 0.6) is 11.5 Å². The summed E-state index contributed by atoms with van der Waals surface area (Å²) in [5, 5.41) is 1.16. The van der Waals surface area contributed by atoms with Gasteiger partial charge in [-0.25, -0.2) is 4.98 Å². The Balaban J connectivity index is 1.53. The molecular weight excluding hydrogens is 438 g/mol. The molecule has 2 heterocycles. The highest BCUT2D eigenvalue weighted by molar-refractivity contribution is 5.97. The lowest BCUT2D eigenvalue weighted by molar-refractivity contribution is 0.415. The van der Waals surface area contributed by atoms with Crippen molar-refractivity contribution < 1.29 is 9.47 Å². The Morgan fingerprint density at radius 3 is 2.54 bits per heavy atom. The number of aliphatic imine (C=N–C) groups is 1. The molecule has 0 aliphatic carbocycles. The normalized spacial score (nSPS) is 12.6. The average molecular weight is 466 g/mol. The fourth-order valence-corrected chi connectivity index (χ4v) is 4.23. The maximum absolute atomic E-state index is 6.47. The van der Waals surface area contributed by atoms with Gasteiger partial charge in [-0.15, -0.1) is 0 Å². The summed E-state index contributed by atoms with van der Waals surface area (Å²) in [6, 6.07) is 23.3. The number of rotatable bonds is 8. The molecule has 0 bridgehead atoms. The van der Waals surface area contributed by atoms with Crippen molar-refractivity contribution in [2.24, 2.45) is 10.7 Å². The second-order valence-corrected chi connectivity index (χ2v) is 8.20. The SMILES string of the molecule is COc1ccc(C(N)=N[C@H](Cc2c[nH]c3ccccc23)c2ncc(-c3ccccc3OC)[nH]2)cc1. The number of para-hydroxylation sites is 2. The smallest absolute Gasteiger partial charge is 0.131 e. The number of ether oxygens (including phenoxy) is 2. The van der Waals surface area contributed by atoms with E-state index in [4.69, 9.17) is 25.2 Å². The van der Waals surface area contributed by atoms with Crippen LogP contribution in [-0.2, 0) is 6.42 Å². The molecule has 5 aromatic rings. The Morgan fingerprint density at radius 1 is 0.971 bits per heavy atom. The van der Waals surface area contributed by atoms with Crippen LogP contribution in [-0.4, -0.2) is 35.0 Å². The van der Waals surface area contributed by atoms with Gasteiger partial charge in [0, 0.05) is 34.6 Å². The van der Waals surface area contributed by atoms with E-state index in [0.29, 0.717) is 12.3 Å². The lowest BCUT2D eigenvalue weighted by Crippen LogP contribution is -2.16. The monoisotopic (exact) mass is 465 g/mol. The molecule has 0 spiro atoms. The average Bonchev–Trinajstić information content (AvgIpc) is 3.56. The Hall–Kier alpha value is -4.52. The molecular formula is C28H27N5O2. The molecule has 176 valence electrons. The quantitative estimate of drug-likeness (QED) is 0.215. The Labute approximate surface area is 203 Å². The van der Waals surface area contributed by atoms with E-state index in [1.165, 1.54) is 0 Å². The van der Waals surface area contributed by atoms with E-state index in [0.717, 1.165) is 50.6 Å². The van der Waals surface area contributed by atoms with Crippen LogP contribution in [0, 0.1) is 0 Å². The topological polar surface area (TPSA) is 101 Å². The van der Waals surface area contributed by atoms with Crippen LogP contribution in [0.4, 0.5) is 0 Å². The second kappa shape index (κ2) is 9.77. The summed E-state index contributed by atoms with van der Waals surface area (Å²) >= 11 is 0. The highest BCUT2D eigenvalue weighted by Gasteiger charge is 2.19. The molecule has 0 saturated heterocycles. The summed E-state index contributed by atoms with van der Waals surface area (Å²) in [4.78, 5) is 16.4. The highest BCUT2D eigenvalue weighted by Crippen LogP contribution is 2.31. The van der Waals surface area contributed by atoms with Crippen molar-refractivity contribution in [3.63, 3.8) is 0 Å². The van der Waals surface area contributed by atoms with E-state index >= 15 is 0 Å². The lowest BCUT2D eigenvalue weighted by Gasteiger charge is -2.12. The number of fused-ring (bicyclic) bond motifs is 1. The van der Waals surface area contributed by atoms with Crippen molar-refractivity contribution in [1.82, 2.24) is 15.0 Å². The van der Waals surface area contributed by atoms with Crippen LogP contribution in [0.15, 0.2) is 90.2 Å². The summed E-state index contributed by atoms with van der Waals surface area (Å²) in [7, 11) is 3.30. The minimum atomic E-state index is -0.320. The first-order valence-corrected chi connectivity index (χ1v) is 11.4. The summed E-state index contributed by atoms with van der Waals surface area (Å²) < 4.78 is 10.8. The largest absolute Gasteiger partial charge is 0.497 e. The van der Waals surface area contributed by atoms with Gasteiger partial charge in [0.2, 0.25) is 0 Å². The number of nitrogens with zero attached hydrogens (tertiary/aromatic N) is 2. The van der Waals surface area contributed by atoms with Crippen molar-refractivity contribution >= 4 is 16.7 Å². The minimum Gasteiger partial charge on any atom is -0.497 e. The number of imidazole rings is 1. The predicted molar refractivity (Wildman–Crippen MR) is 139 cm³/mol. The van der Waals surface area contributed by atoms with Gasteiger partial charge in [-0.05, 0) is 48.0 Å². The molecule has 0 unspecified atom stereocenters. The summed E-state index contributed by atoms with van der Waals surface area (Å²) in [6.45, 7) is 0. The highest BCUT2D eigenvalue weighted by atomic mass is 16.5. The Morgan fingerprint density at radius 2 is 1.74 bits per heavy atom. The molecule has 0 radical (unpaired) electrons. The number of amidine groups is 1. The van der Waals surface area contributed by atoms with E-state index in [1.807, 2.05) is 73.1 Å². The number of aromatic amines is 2. The van der Waals surface area contributed by atoms with Crippen molar-refractivity contribution in [3.8, 4) is 22.8 Å². The molecule has 7 heteroatoms. The van der Waals surface area contributed by atoms with Crippen LogP contribution < -0.4 is 15.2 Å². The second-order valence-electron chi connectivity index (χ2n) is 8.20. The van der Waals surface area contributed by atoms with E-state index in [2.05, 4.69) is 22.1 Å². The zero-order chi connectivity index (χ0) is 24.2. The van der Waals surface area contributed by atoms with E-state index < -0.39 is 0 Å². The Kier molecular flexibility index (Phi) is 6.22. The third kappa shape index (κ3) is 4.61. The van der Waals surface area contributed by atoms with Crippen LogP contribution in [0.2, 0.25) is 0 Å². The molecule has 35 heavy (non-hydrogen) atoms. The summed E-state index contributed by atoms with van der Waals surface area (Å²) in [6.07, 6.45) is 4.47. The fourth-order valence-electron chi connectivity index (χ4n) is 4.23. The van der Waals surface area contributed by atoms with Gasteiger partial charge in [0.05, 0.1) is 26.1 Å². The van der Waals surface area contributed by atoms with E-state index in [1.54, 1.807) is 14.2 Å². The van der Waals surface area contributed by atoms with Gasteiger partial charge >= 0.3 is 0 Å². The maximum Gasteiger partial charge on any atom is 0.131 e. The van der Waals surface area contributed by atoms with Gasteiger partial charge in [0.1, 0.15) is 29.2 Å². The van der Waals surface area contributed by atoms with Gasteiger partial charge < -0.3 is 25.2 Å². The number of aromatic nitrogens is 3. The van der Waals surface area contributed by atoms with Crippen LogP contribution >= 0.6 is 0 Å². The molecule has 0 fully saturated rings.